The highest BCUT2D eigenvalue weighted by atomic mass is 35.5. The lowest BCUT2D eigenvalue weighted by molar-refractivity contribution is -0.142. The summed E-state index contributed by atoms with van der Waals surface area (Å²) in [6, 6.07) is 7.40. The van der Waals surface area contributed by atoms with Crippen LogP contribution in [0.1, 0.15) is 24.3 Å². The molecule has 0 unspecified atom stereocenters. The van der Waals surface area contributed by atoms with E-state index < -0.39 is 4.33 Å². The van der Waals surface area contributed by atoms with Crippen LogP contribution in [-0.2, 0) is 14.3 Å². The minimum atomic E-state index is -0.939. The van der Waals surface area contributed by atoms with Crippen LogP contribution in [0.15, 0.2) is 24.3 Å². The molecule has 21 heavy (non-hydrogen) atoms. The van der Waals surface area contributed by atoms with Gasteiger partial charge in [-0.05, 0) is 24.5 Å². The fourth-order valence-corrected chi connectivity index (χ4v) is 3.34. The number of anilines is 1. The van der Waals surface area contributed by atoms with Gasteiger partial charge >= 0.3 is 5.97 Å². The number of methoxy groups -OCH3 is 1. The number of rotatable bonds is 2. The Bertz CT molecular complexity index is 602. The monoisotopic (exact) mass is 327 g/mol. The number of ether oxygens (including phenoxy) is 1. The van der Waals surface area contributed by atoms with Crippen molar-refractivity contribution in [1.29, 1.82) is 0 Å². The van der Waals surface area contributed by atoms with Gasteiger partial charge < -0.3 is 9.64 Å². The molecule has 0 aromatic heterocycles. The van der Waals surface area contributed by atoms with Crippen molar-refractivity contribution in [3.8, 4) is 0 Å². The molecule has 1 aliphatic heterocycles. The lowest BCUT2D eigenvalue weighted by atomic mass is 9.89. The summed E-state index contributed by atoms with van der Waals surface area (Å²) in [4.78, 5) is 26.1. The number of fused-ring (bicyclic) bond motifs is 1. The van der Waals surface area contributed by atoms with Gasteiger partial charge in [0.05, 0.1) is 18.9 Å². The van der Waals surface area contributed by atoms with E-state index in [9.17, 15) is 9.59 Å². The molecule has 0 saturated heterocycles. The maximum Gasteiger partial charge on any atom is 0.313 e. The van der Waals surface area contributed by atoms with E-state index in [1.165, 1.54) is 7.11 Å². The Morgan fingerprint density at radius 1 is 1.33 bits per heavy atom. The second kappa shape index (κ2) is 5.18. The molecule has 3 rings (SSSR count). The molecule has 0 radical (unpaired) electrons. The first-order valence-corrected chi connectivity index (χ1v) is 7.57. The van der Waals surface area contributed by atoms with Crippen molar-refractivity contribution in [1.82, 2.24) is 0 Å². The molecule has 0 N–H and O–H groups in total. The second-order valence-corrected chi connectivity index (χ2v) is 6.97. The van der Waals surface area contributed by atoms with Crippen LogP contribution in [-0.4, -0.2) is 29.9 Å². The third-order valence-electron chi connectivity index (χ3n) is 4.12. The highest BCUT2D eigenvalue weighted by molar-refractivity contribution is 6.52. The molecule has 1 amide bonds. The second-order valence-electron chi connectivity index (χ2n) is 5.43. The van der Waals surface area contributed by atoms with Gasteiger partial charge in [-0.15, -0.1) is 23.2 Å². The van der Waals surface area contributed by atoms with E-state index in [1.54, 1.807) is 4.90 Å². The zero-order valence-electron chi connectivity index (χ0n) is 11.5. The van der Waals surface area contributed by atoms with Crippen LogP contribution in [0.25, 0.3) is 0 Å². The summed E-state index contributed by atoms with van der Waals surface area (Å²) in [5.74, 6) is -1.03. The maximum absolute atomic E-state index is 12.5. The normalized spacial score (nSPS) is 26.0. The molecular formula is C15H15Cl2NO3. The van der Waals surface area contributed by atoms with E-state index in [-0.39, 0.29) is 23.7 Å². The smallest absolute Gasteiger partial charge is 0.313 e. The average molecular weight is 328 g/mol. The summed E-state index contributed by atoms with van der Waals surface area (Å²) in [5.41, 5.74) is 1.57. The minimum Gasteiger partial charge on any atom is -0.469 e. The van der Waals surface area contributed by atoms with Crippen molar-refractivity contribution in [2.75, 3.05) is 18.6 Å². The summed E-state index contributed by atoms with van der Waals surface area (Å²) in [6.45, 7) is 0.468. The number of para-hydroxylation sites is 1. The summed E-state index contributed by atoms with van der Waals surface area (Å²) >= 11 is 12.0. The van der Waals surface area contributed by atoms with Gasteiger partial charge in [-0.25, -0.2) is 0 Å². The molecule has 1 fully saturated rings. The van der Waals surface area contributed by atoms with E-state index >= 15 is 0 Å². The predicted octanol–water partition coefficient (Wildman–Crippen LogP) is 2.87. The SMILES string of the molecule is COC(=O)[C@@H]1CCN(C(=O)[C@H]2CC2(Cl)Cl)c2ccccc21. The van der Waals surface area contributed by atoms with Crippen LogP contribution < -0.4 is 4.90 Å². The predicted molar refractivity (Wildman–Crippen MR) is 80.7 cm³/mol. The number of benzene rings is 1. The Labute approximate surface area is 133 Å². The quantitative estimate of drug-likeness (QED) is 0.619. The van der Waals surface area contributed by atoms with Gasteiger partial charge in [0.15, 0.2) is 0 Å². The fraction of sp³-hybridized carbons (Fsp3) is 0.467. The number of esters is 1. The molecule has 1 saturated carbocycles. The number of carbonyl (C=O) groups is 2. The van der Waals surface area contributed by atoms with E-state index in [4.69, 9.17) is 27.9 Å². The highest BCUT2D eigenvalue weighted by Crippen LogP contribution is 2.54. The van der Waals surface area contributed by atoms with Crippen LogP contribution in [0.4, 0.5) is 5.69 Å². The van der Waals surface area contributed by atoms with Crippen LogP contribution in [0.2, 0.25) is 0 Å². The average Bonchev–Trinajstić information content (AvgIpc) is 3.13. The molecule has 112 valence electrons. The zero-order valence-corrected chi connectivity index (χ0v) is 13.0. The molecule has 2 aliphatic rings. The van der Waals surface area contributed by atoms with Crippen molar-refractivity contribution < 1.29 is 14.3 Å². The van der Waals surface area contributed by atoms with E-state index in [1.807, 2.05) is 24.3 Å². The number of nitrogens with zero attached hydrogens (tertiary/aromatic N) is 1. The van der Waals surface area contributed by atoms with Crippen LogP contribution in [0.3, 0.4) is 0 Å². The van der Waals surface area contributed by atoms with Crippen LogP contribution in [0.5, 0.6) is 0 Å². The van der Waals surface area contributed by atoms with Crippen LogP contribution >= 0.6 is 23.2 Å². The highest BCUT2D eigenvalue weighted by Gasteiger charge is 2.58. The number of hydrogen-bond acceptors (Lipinski definition) is 3. The van der Waals surface area contributed by atoms with Gasteiger partial charge in [0, 0.05) is 12.2 Å². The number of carbonyl (C=O) groups excluding carboxylic acids is 2. The van der Waals surface area contributed by atoms with E-state index in [2.05, 4.69) is 0 Å². The topological polar surface area (TPSA) is 46.6 Å². The number of hydrogen-bond donors (Lipinski definition) is 0. The maximum atomic E-state index is 12.5. The first-order chi connectivity index (χ1) is 9.95. The van der Waals surface area contributed by atoms with Gasteiger partial charge in [0.25, 0.3) is 0 Å². The first kappa shape index (κ1) is 14.7. The largest absolute Gasteiger partial charge is 0.469 e. The minimum absolute atomic E-state index is 0.0734. The van der Waals surface area contributed by atoms with Gasteiger partial charge in [-0.3, -0.25) is 9.59 Å². The molecule has 1 heterocycles. The Morgan fingerprint density at radius 3 is 2.62 bits per heavy atom. The summed E-state index contributed by atoms with van der Waals surface area (Å²) < 4.78 is 3.91. The molecule has 1 aliphatic carbocycles. The van der Waals surface area contributed by atoms with E-state index in [0.717, 1.165) is 11.3 Å². The number of amides is 1. The molecular weight excluding hydrogens is 313 g/mol. The fourth-order valence-electron chi connectivity index (χ4n) is 2.85. The molecule has 0 spiro atoms. The molecule has 4 nitrogen and oxygen atoms in total. The van der Waals surface area contributed by atoms with Gasteiger partial charge in [0.2, 0.25) is 5.91 Å². The van der Waals surface area contributed by atoms with E-state index in [0.29, 0.717) is 19.4 Å². The third kappa shape index (κ3) is 2.51. The standard InChI is InChI=1S/C15H15Cl2NO3/c1-21-14(20)10-6-7-18(12-5-3-2-4-9(10)12)13(19)11-8-15(11,16)17/h2-5,10-11H,6-8H2,1H3/t10-,11-/m1/s1. The van der Waals surface area contributed by atoms with Gasteiger partial charge in [-0.2, -0.15) is 0 Å². The van der Waals surface area contributed by atoms with Crippen molar-refractivity contribution in [2.45, 2.75) is 23.1 Å². The van der Waals surface area contributed by atoms with Crippen molar-refractivity contribution in [3.05, 3.63) is 29.8 Å². The Kier molecular flexibility index (Phi) is 3.62. The summed E-state index contributed by atoms with van der Waals surface area (Å²) in [6.07, 6.45) is 1.02. The summed E-state index contributed by atoms with van der Waals surface area (Å²) in [7, 11) is 1.38. The van der Waals surface area contributed by atoms with Crippen molar-refractivity contribution >= 4 is 40.8 Å². The molecule has 0 bridgehead atoms. The lowest BCUT2D eigenvalue weighted by Gasteiger charge is -2.33. The zero-order chi connectivity index (χ0) is 15.2. The molecule has 6 heteroatoms. The number of alkyl halides is 2. The van der Waals surface area contributed by atoms with Gasteiger partial charge in [-0.1, -0.05) is 18.2 Å². The Hall–Kier alpha value is -1.26. The number of halogens is 2. The van der Waals surface area contributed by atoms with Gasteiger partial charge in [0.1, 0.15) is 4.33 Å². The van der Waals surface area contributed by atoms with Crippen molar-refractivity contribution in [3.63, 3.8) is 0 Å². The first-order valence-electron chi connectivity index (χ1n) is 6.81. The molecule has 1 aromatic rings. The Morgan fingerprint density at radius 2 is 2.00 bits per heavy atom. The Balaban J connectivity index is 1.92. The lowest BCUT2D eigenvalue weighted by Crippen LogP contribution is -2.40. The molecule has 1 aromatic carbocycles. The summed E-state index contributed by atoms with van der Waals surface area (Å²) in [5, 5.41) is 0. The van der Waals surface area contributed by atoms with Crippen molar-refractivity contribution in [2.24, 2.45) is 5.92 Å². The third-order valence-corrected chi connectivity index (χ3v) is 4.96. The molecule has 2 atom stereocenters. The van der Waals surface area contributed by atoms with Crippen LogP contribution in [0, 0.1) is 5.92 Å².